The van der Waals surface area contributed by atoms with Crippen molar-refractivity contribution in [2.24, 2.45) is 0 Å². The fraction of sp³-hybridized carbons (Fsp3) is 0.545. The zero-order valence-electron chi connectivity index (χ0n) is 9.08. The van der Waals surface area contributed by atoms with E-state index in [2.05, 4.69) is 36.5 Å². The zero-order valence-corrected chi connectivity index (χ0v) is 9.90. The quantitative estimate of drug-likeness (QED) is 0.809. The summed E-state index contributed by atoms with van der Waals surface area (Å²) in [7, 11) is 0. The van der Waals surface area contributed by atoms with Crippen molar-refractivity contribution >= 4 is 17.6 Å². The Kier molecular flexibility index (Phi) is 4.80. The number of pyridine rings is 1. The predicted octanol–water partition coefficient (Wildman–Crippen LogP) is 2.94. The summed E-state index contributed by atoms with van der Waals surface area (Å²) in [5.74, 6) is 2.21. The van der Waals surface area contributed by atoms with Crippen LogP contribution in [0.1, 0.15) is 18.9 Å². The molecule has 0 saturated carbocycles. The summed E-state index contributed by atoms with van der Waals surface area (Å²) in [6.45, 7) is 4.28. The number of anilines is 1. The summed E-state index contributed by atoms with van der Waals surface area (Å²) in [5, 5.41) is 3.42. The Hall–Kier alpha value is -0.700. The van der Waals surface area contributed by atoms with Gasteiger partial charge in [0.1, 0.15) is 5.82 Å². The third kappa shape index (κ3) is 3.58. The maximum atomic E-state index is 4.31. The Bertz CT molecular complexity index is 276. The summed E-state index contributed by atoms with van der Waals surface area (Å²) in [6, 6.07) is 4.54. The second-order valence-corrected chi connectivity index (χ2v) is 4.48. The lowest BCUT2D eigenvalue weighted by atomic mass is 10.2. The number of nitrogens with one attached hydrogen (secondary N) is 1. The standard InChI is InChI=1S/C11H18N2S/c1-9-5-4-7-12-11(9)13-10(2)6-8-14-3/h4-5,7,10H,6,8H2,1-3H3,(H,12,13). The number of thioether (sulfide) groups is 1. The van der Waals surface area contributed by atoms with Gasteiger partial charge in [0, 0.05) is 12.2 Å². The highest BCUT2D eigenvalue weighted by Gasteiger charge is 2.03. The summed E-state index contributed by atoms with van der Waals surface area (Å²) in [5.41, 5.74) is 1.21. The van der Waals surface area contributed by atoms with E-state index in [0.29, 0.717) is 6.04 Å². The van der Waals surface area contributed by atoms with E-state index in [9.17, 15) is 0 Å². The smallest absolute Gasteiger partial charge is 0.129 e. The molecule has 0 fully saturated rings. The van der Waals surface area contributed by atoms with E-state index in [4.69, 9.17) is 0 Å². The molecule has 1 unspecified atom stereocenters. The van der Waals surface area contributed by atoms with Crippen molar-refractivity contribution in [3.05, 3.63) is 23.9 Å². The highest BCUT2D eigenvalue weighted by atomic mass is 32.2. The molecule has 3 heteroatoms. The molecule has 0 aliphatic carbocycles. The number of rotatable bonds is 5. The molecule has 0 aromatic carbocycles. The fourth-order valence-corrected chi connectivity index (χ4v) is 1.83. The van der Waals surface area contributed by atoms with Gasteiger partial charge in [-0.25, -0.2) is 4.98 Å². The van der Waals surface area contributed by atoms with Crippen LogP contribution in [0.15, 0.2) is 18.3 Å². The molecule has 1 aromatic rings. The van der Waals surface area contributed by atoms with Gasteiger partial charge in [0.05, 0.1) is 0 Å². The number of aryl methyl sites for hydroxylation is 1. The summed E-state index contributed by atoms with van der Waals surface area (Å²) >= 11 is 1.88. The van der Waals surface area contributed by atoms with Crippen LogP contribution in [0.4, 0.5) is 5.82 Å². The lowest BCUT2D eigenvalue weighted by Crippen LogP contribution is -2.17. The van der Waals surface area contributed by atoms with E-state index in [0.717, 1.165) is 5.82 Å². The van der Waals surface area contributed by atoms with E-state index < -0.39 is 0 Å². The first-order valence-corrected chi connectivity index (χ1v) is 6.30. The topological polar surface area (TPSA) is 24.9 Å². The minimum absolute atomic E-state index is 0.496. The van der Waals surface area contributed by atoms with Gasteiger partial charge in [-0.15, -0.1) is 0 Å². The van der Waals surface area contributed by atoms with E-state index in [1.54, 1.807) is 0 Å². The van der Waals surface area contributed by atoms with Crippen molar-refractivity contribution in [1.29, 1.82) is 0 Å². The Labute approximate surface area is 90.5 Å². The lowest BCUT2D eigenvalue weighted by Gasteiger charge is -2.15. The van der Waals surface area contributed by atoms with Crippen molar-refractivity contribution in [1.82, 2.24) is 4.98 Å². The summed E-state index contributed by atoms with van der Waals surface area (Å²) in [4.78, 5) is 4.31. The maximum Gasteiger partial charge on any atom is 0.129 e. The molecule has 1 N–H and O–H groups in total. The highest BCUT2D eigenvalue weighted by Crippen LogP contribution is 2.12. The average molecular weight is 210 g/mol. The van der Waals surface area contributed by atoms with Gasteiger partial charge in [-0.2, -0.15) is 11.8 Å². The van der Waals surface area contributed by atoms with Gasteiger partial charge >= 0.3 is 0 Å². The van der Waals surface area contributed by atoms with Crippen molar-refractivity contribution in [2.45, 2.75) is 26.3 Å². The molecular formula is C11H18N2S. The van der Waals surface area contributed by atoms with E-state index >= 15 is 0 Å². The molecular weight excluding hydrogens is 192 g/mol. The predicted molar refractivity (Wildman–Crippen MR) is 65.1 cm³/mol. The van der Waals surface area contributed by atoms with Crippen molar-refractivity contribution < 1.29 is 0 Å². The SMILES string of the molecule is CSCCC(C)Nc1ncccc1C. The molecule has 1 rings (SSSR count). The van der Waals surface area contributed by atoms with E-state index in [-0.39, 0.29) is 0 Å². The second-order valence-electron chi connectivity index (χ2n) is 3.50. The first kappa shape index (κ1) is 11.4. The van der Waals surface area contributed by atoms with Gasteiger partial charge in [-0.1, -0.05) is 6.07 Å². The Balaban J connectivity index is 2.47. The normalized spacial score (nSPS) is 12.5. The first-order chi connectivity index (χ1) is 6.74. The highest BCUT2D eigenvalue weighted by molar-refractivity contribution is 7.98. The van der Waals surface area contributed by atoms with Gasteiger partial charge in [0.2, 0.25) is 0 Å². The molecule has 0 radical (unpaired) electrons. The van der Waals surface area contributed by atoms with E-state index in [1.807, 2.05) is 24.0 Å². The molecule has 0 spiro atoms. The lowest BCUT2D eigenvalue weighted by molar-refractivity contribution is 0.765. The molecule has 1 aromatic heterocycles. The first-order valence-electron chi connectivity index (χ1n) is 4.91. The summed E-state index contributed by atoms with van der Waals surface area (Å²) in [6.07, 6.45) is 5.15. The summed E-state index contributed by atoms with van der Waals surface area (Å²) < 4.78 is 0. The third-order valence-corrected chi connectivity index (χ3v) is 2.79. The van der Waals surface area contributed by atoms with Crippen molar-refractivity contribution in [2.75, 3.05) is 17.3 Å². The van der Waals surface area contributed by atoms with Crippen LogP contribution in [0.5, 0.6) is 0 Å². The van der Waals surface area contributed by atoms with Gasteiger partial charge in [0.25, 0.3) is 0 Å². The number of nitrogens with zero attached hydrogens (tertiary/aromatic N) is 1. The van der Waals surface area contributed by atoms with Gasteiger partial charge < -0.3 is 5.32 Å². The number of hydrogen-bond acceptors (Lipinski definition) is 3. The maximum absolute atomic E-state index is 4.31. The van der Waals surface area contributed by atoms with E-state index in [1.165, 1.54) is 17.7 Å². The molecule has 0 amide bonds. The van der Waals surface area contributed by atoms with Crippen LogP contribution >= 0.6 is 11.8 Å². The second kappa shape index (κ2) is 5.91. The van der Waals surface area contributed by atoms with Crippen LogP contribution in [0.2, 0.25) is 0 Å². The molecule has 78 valence electrons. The average Bonchev–Trinajstić information content (AvgIpc) is 2.18. The zero-order chi connectivity index (χ0) is 10.4. The van der Waals surface area contributed by atoms with Gasteiger partial charge in [-0.05, 0) is 43.9 Å². The fourth-order valence-electron chi connectivity index (χ4n) is 1.24. The monoisotopic (exact) mass is 210 g/mol. The minimum Gasteiger partial charge on any atom is -0.367 e. The van der Waals surface area contributed by atoms with Crippen LogP contribution in [0.3, 0.4) is 0 Å². The Morgan fingerprint density at radius 2 is 2.36 bits per heavy atom. The van der Waals surface area contributed by atoms with Crippen LogP contribution < -0.4 is 5.32 Å². The van der Waals surface area contributed by atoms with Gasteiger partial charge in [0.15, 0.2) is 0 Å². The Morgan fingerprint density at radius 3 is 3.00 bits per heavy atom. The third-order valence-electron chi connectivity index (χ3n) is 2.15. The van der Waals surface area contributed by atoms with Crippen molar-refractivity contribution in [3.8, 4) is 0 Å². The number of aromatic nitrogens is 1. The Morgan fingerprint density at radius 1 is 1.57 bits per heavy atom. The molecule has 1 atom stereocenters. The van der Waals surface area contributed by atoms with Gasteiger partial charge in [-0.3, -0.25) is 0 Å². The largest absolute Gasteiger partial charge is 0.367 e. The molecule has 0 saturated heterocycles. The van der Waals surface area contributed by atoms with Crippen LogP contribution in [-0.2, 0) is 0 Å². The van der Waals surface area contributed by atoms with Crippen molar-refractivity contribution in [3.63, 3.8) is 0 Å². The van der Waals surface area contributed by atoms with Crippen LogP contribution in [0.25, 0.3) is 0 Å². The molecule has 2 nitrogen and oxygen atoms in total. The number of hydrogen-bond donors (Lipinski definition) is 1. The minimum atomic E-state index is 0.496. The van der Waals surface area contributed by atoms with Crippen LogP contribution in [-0.4, -0.2) is 23.0 Å². The molecule has 0 bridgehead atoms. The molecule has 1 heterocycles. The van der Waals surface area contributed by atoms with Crippen LogP contribution in [0, 0.1) is 6.92 Å². The molecule has 0 aliphatic rings. The molecule has 14 heavy (non-hydrogen) atoms. The molecule has 0 aliphatic heterocycles.